The molecule has 0 amide bonds. The van der Waals surface area contributed by atoms with Crippen LogP contribution in [0.2, 0.25) is 0 Å². The van der Waals surface area contributed by atoms with Gasteiger partial charge in [-0.2, -0.15) is 0 Å². The van der Waals surface area contributed by atoms with Gasteiger partial charge >= 0.3 is 0 Å². The summed E-state index contributed by atoms with van der Waals surface area (Å²) >= 11 is 0. The van der Waals surface area contributed by atoms with E-state index in [2.05, 4.69) is 21.9 Å². The number of nitrogens with zero attached hydrogens (tertiary/aromatic N) is 2. The Kier molecular flexibility index (Phi) is 5.68. The molecule has 25 heavy (non-hydrogen) atoms. The highest BCUT2D eigenvalue weighted by Crippen LogP contribution is 2.18. The molecular formula is C20H24N2O3. The molecule has 3 rings (SSSR count). The van der Waals surface area contributed by atoms with Crippen molar-refractivity contribution >= 4 is 5.78 Å². The van der Waals surface area contributed by atoms with Crippen LogP contribution in [-0.4, -0.2) is 60.5 Å². The number of Topliss-reactive ketones (excluding diaryl/α,β-unsaturated/α-hetero) is 1. The molecular weight excluding hydrogens is 316 g/mol. The lowest BCUT2D eigenvalue weighted by molar-refractivity contribution is 0.0841. The molecule has 0 unspecified atom stereocenters. The Bertz CT molecular complexity index is 707. The first-order chi connectivity index (χ1) is 12.2. The highest BCUT2D eigenvalue weighted by Gasteiger charge is 2.20. The average molecular weight is 340 g/mol. The molecule has 0 aromatic heterocycles. The van der Waals surface area contributed by atoms with Crippen LogP contribution < -0.4 is 4.74 Å². The van der Waals surface area contributed by atoms with Crippen LogP contribution in [0.1, 0.15) is 15.9 Å². The van der Waals surface area contributed by atoms with Crippen LogP contribution in [0.5, 0.6) is 11.5 Å². The number of ether oxygens (including phenoxy) is 1. The maximum absolute atomic E-state index is 12.3. The molecule has 1 aliphatic rings. The number of phenols is 1. The largest absolute Gasteiger partial charge is 0.507 e. The second-order valence-corrected chi connectivity index (χ2v) is 6.34. The normalized spacial score (nSPS) is 15.9. The van der Waals surface area contributed by atoms with Crippen LogP contribution >= 0.6 is 0 Å². The lowest BCUT2D eigenvalue weighted by atomic mass is 10.1. The van der Waals surface area contributed by atoms with Crippen molar-refractivity contribution in [3.63, 3.8) is 0 Å². The Labute approximate surface area is 148 Å². The summed E-state index contributed by atoms with van der Waals surface area (Å²) in [6, 6.07) is 14.9. The molecule has 1 fully saturated rings. The number of para-hydroxylation sites is 1. The fourth-order valence-electron chi connectivity index (χ4n) is 3.09. The van der Waals surface area contributed by atoms with Crippen molar-refractivity contribution in [2.45, 2.75) is 6.54 Å². The molecule has 1 heterocycles. The van der Waals surface area contributed by atoms with Crippen molar-refractivity contribution in [3.8, 4) is 11.5 Å². The van der Waals surface area contributed by atoms with E-state index >= 15 is 0 Å². The van der Waals surface area contributed by atoms with Gasteiger partial charge in [0.15, 0.2) is 5.78 Å². The van der Waals surface area contributed by atoms with Gasteiger partial charge in [-0.25, -0.2) is 0 Å². The van der Waals surface area contributed by atoms with Gasteiger partial charge in [0, 0.05) is 32.7 Å². The molecule has 2 aromatic rings. The predicted molar refractivity (Wildman–Crippen MR) is 97.1 cm³/mol. The minimum Gasteiger partial charge on any atom is -0.507 e. The van der Waals surface area contributed by atoms with Gasteiger partial charge in [-0.3, -0.25) is 14.6 Å². The van der Waals surface area contributed by atoms with Crippen LogP contribution in [0, 0.1) is 0 Å². The number of carbonyl (C=O) groups is 1. The zero-order valence-electron chi connectivity index (χ0n) is 14.5. The molecule has 5 nitrogen and oxygen atoms in total. The number of phenolic OH excluding ortho intramolecular Hbond substituents is 1. The SMILES string of the molecule is COc1ccc(CN2CCN(CC(=O)c3ccccc3O)CC2)cc1. The van der Waals surface area contributed by atoms with Gasteiger partial charge in [-0.05, 0) is 29.8 Å². The van der Waals surface area contributed by atoms with E-state index in [1.54, 1.807) is 31.4 Å². The zero-order chi connectivity index (χ0) is 17.6. The fourth-order valence-corrected chi connectivity index (χ4v) is 3.09. The third-order valence-corrected chi connectivity index (χ3v) is 4.60. The molecule has 0 saturated carbocycles. The summed E-state index contributed by atoms with van der Waals surface area (Å²) in [5.41, 5.74) is 1.67. The molecule has 0 aliphatic carbocycles. The van der Waals surface area contributed by atoms with Crippen molar-refractivity contribution in [2.75, 3.05) is 39.8 Å². The van der Waals surface area contributed by atoms with E-state index in [0.717, 1.165) is 38.5 Å². The van der Waals surface area contributed by atoms with Crippen molar-refractivity contribution in [1.29, 1.82) is 0 Å². The highest BCUT2D eigenvalue weighted by atomic mass is 16.5. The maximum Gasteiger partial charge on any atom is 0.180 e. The van der Waals surface area contributed by atoms with Gasteiger partial charge in [0.05, 0.1) is 19.2 Å². The van der Waals surface area contributed by atoms with Gasteiger partial charge in [-0.1, -0.05) is 24.3 Å². The van der Waals surface area contributed by atoms with E-state index in [1.807, 2.05) is 12.1 Å². The summed E-state index contributed by atoms with van der Waals surface area (Å²) < 4.78 is 5.19. The van der Waals surface area contributed by atoms with Gasteiger partial charge in [0.1, 0.15) is 11.5 Å². The van der Waals surface area contributed by atoms with E-state index in [0.29, 0.717) is 12.1 Å². The van der Waals surface area contributed by atoms with Crippen molar-refractivity contribution in [2.24, 2.45) is 0 Å². The first kappa shape index (κ1) is 17.5. The number of ketones is 1. The molecule has 1 N–H and O–H groups in total. The Morgan fingerprint density at radius 1 is 1.00 bits per heavy atom. The van der Waals surface area contributed by atoms with Crippen LogP contribution in [0.15, 0.2) is 48.5 Å². The second-order valence-electron chi connectivity index (χ2n) is 6.34. The summed E-state index contributed by atoms with van der Waals surface area (Å²) in [6.07, 6.45) is 0. The van der Waals surface area contributed by atoms with Crippen LogP contribution in [-0.2, 0) is 6.54 Å². The first-order valence-corrected chi connectivity index (χ1v) is 8.54. The molecule has 0 atom stereocenters. The topological polar surface area (TPSA) is 53.0 Å². The Hall–Kier alpha value is -2.37. The number of rotatable bonds is 6. The number of benzene rings is 2. The minimum absolute atomic E-state index is 0.0262. The van der Waals surface area contributed by atoms with Crippen LogP contribution in [0.3, 0.4) is 0 Å². The first-order valence-electron chi connectivity index (χ1n) is 8.54. The smallest absolute Gasteiger partial charge is 0.180 e. The average Bonchev–Trinajstić information content (AvgIpc) is 2.64. The predicted octanol–water partition coefficient (Wildman–Crippen LogP) is 2.40. The lowest BCUT2D eigenvalue weighted by Crippen LogP contribution is -2.47. The summed E-state index contributed by atoms with van der Waals surface area (Å²) in [6.45, 7) is 4.84. The Balaban J connectivity index is 1.48. The number of carbonyl (C=O) groups excluding carboxylic acids is 1. The van der Waals surface area contributed by atoms with Crippen LogP contribution in [0.4, 0.5) is 0 Å². The summed E-state index contributed by atoms with van der Waals surface area (Å²) in [5.74, 6) is 0.906. The molecule has 0 bridgehead atoms. The maximum atomic E-state index is 12.3. The van der Waals surface area contributed by atoms with Crippen molar-refractivity contribution < 1.29 is 14.6 Å². The molecule has 2 aromatic carbocycles. The van der Waals surface area contributed by atoms with E-state index in [1.165, 1.54) is 5.56 Å². The minimum atomic E-state index is -0.0262. The summed E-state index contributed by atoms with van der Waals surface area (Å²) in [5, 5.41) is 9.80. The van der Waals surface area contributed by atoms with E-state index in [-0.39, 0.29) is 11.5 Å². The van der Waals surface area contributed by atoms with Crippen molar-refractivity contribution in [3.05, 3.63) is 59.7 Å². The van der Waals surface area contributed by atoms with Gasteiger partial charge in [0.25, 0.3) is 0 Å². The van der Waals surface area contributed by atoms with E-state index in [9.17, 15) is 9.90 Å². The number of piperazine rings is 1. The molecule has 5 heteroatoms. The molecule has 1 aliphatic heterocycles. The number of aromatic hydroxyl groups is 1. The van der Waals surface area contributed by atoms with E-state index in [4.69, 9.17) is 4.74 Å². The lowest BCUT2D eigenvalue weighted by Gasteiger charge is -2.34. The third kappa shape index (κ3) is 4.59. The van der Waals surface area contributed by atoms with Gasteiger partial charge < -0.3 is 9.84 Å². The molecule has 1 saturated heterocycles. The quantitative estimate of drug-likeness (QED) is 0.819. The van der Waals surface area contributed by atoms with Crippen molar-refractivity contribution in [1.82, 2.24) is 9.80 Å². The third-order valence-electron chi connectivity index (χ3n) is 4.60. The van der Waals surface area contributed by atoms with Gasteiger partial charge in [-0.15, -0.1) is 0 Å². The van der Waals surface area contributed by atoms with Gasteiger partial charge in [0.2, 0.25) is 0 Å². The number of hydrogen-bond donors (Lipinski definition) is 1. The Morgan fingerprint density at radius 3 is 2.28 bits per heavy atom. The molecule has 0 radical (unpaired) electrons. The number of methoxy groups -OCH3 is 1. The summed E-state index contributed by atoms with van der Waals surface area (Å²) in [4.78, 5) is 16.9. The molecule has 132 valence electrons. The van der Waals surface area contributed by atoms with E-state index < -0.39 is 0 Å². The second kappa shape index (κ2) is 8.14. The zero-order valence-corrected chi connectivity index (χ0v) is 14.5. The monoisotopic (exact) mass is 340 g/mol. The Morgan fingerprint density at radius 2 is 1.64 bits per heavy atom. The summed E-state index contributed by atoms with van der Waals surface area (Å²) in [7, 11) is 1.67. The van der Waals surface area contributed by atoms with Crippen LogP contribution in [0.25, 0.3) is 0 Å². The number of hydrogen-bond acceptors (Lipinski definition) is 5. The highest BCUT2D eigenvalue weighted by molar-refractivity contribution is 5.99. The fraction of sp³-hybridized carbons (Fsp3) is 0.350. The molecule has 0 spiro atoms. The standard InChI is InChI=1S/C20H24N2O3/c1-25-17-8-6-16(7-9-17)14-21-10-12-22(13-11-21)15-20(24)18-4-2-3-5-19(18)23/h2-9,23H,10-15H2,1H3.